The van der Waals surface area contributed by atoms with E-state index in [1.54, 1.807) is 14.2 Å². The Balaban J connectivity index is 2.07. The highest BCUT2D eigenvalue weighted by Gasteiger charge is 2.12. The Morgan fingerprint density at radius 2 is 2.16 bits per heavy atom. The summed E-state index contributed by atoms with van der Waals surface area (Å²) in [7, 11) is 3.27. The minimum atomic E-state index is 0.0966. The van der Waals surface area contributed by atoms with Crippen molar-refractivity contribution in [3.05, 3.63) is 29.6 Å². The molecule has 2 N–H and O–H groups in total. The van der Waals surface area contributed by atoms with Crippen LogP contribution in [-0.2, 0) is 6.54 Å². The first-order chi connectivity index (χ1) is 9.24. The van der Waals surface area contributed by atoms with Crippen LogP contribution in [0.5, 0.6) is 11.5 Å². The van der Waals surface area contributed by atoms with Crippen LogP contribution in [0.25, 0.3) is 0 Å². The van der Waals surface area contributed by atoms with Crippen molar-refractivity contribution in [3.8, 4) is 11.5 Å². The lowest BCUT2D eigenvalue weighted by molar-refractivity contribution is 0.385. The van der Waals surface area contributed by atoms with Crippen molar-refractivity contribution in [3.63, 3.8) is 0 Å². The molecular formula is C12H17N5O2. The van der Waals surface area contributed by atoms with Gasteiger partial charge >= 0.3 is 0 Å². The first-order valence-corrected chi connectivity index (χ1v) is 5.92. The number of nitrogens with zero attached hydrogens (tertiary/aromatic N) is 3. The van der Waals surface area contributed by atoms with Crippen molar-refractivity contribution in [1.29, 1.82) is 0 Å². The van der Waals surface area contributed by atoms with E-state index in [4.69, 9.17) is 9.47 Å². The highest BCUT2D eigenvalue weighted by molar-refractivity contribution is 5.42. The number of hydrogen-bond donors (Lipinski definition) is 2. The van der Waals surface area contributed by atoms with Crippen LogP contribution in [0.4, 0.5) is 0 Å². The SMILES string of the molecule is COc1ccc(C(C)NCc2nn[nH]n2)c(OC)c1. The van der Waals surface area contributed by atoms with E-state index in [-0.39, 0.29) is 6.04 Å². The van der Waals surface area contributed by atoms with Crippen molar-refractivity contribution in [2.75, 3.05) is 14.2 Å². The molecule has 0 amide bonds. The molecule has 0 saturated heterocycles. The minimum absolute atomic E-state index is 0.0966. The van der Waals surface area contributed by atoms with Gasteiger partial charge < -0.3 is 14.8 Å². The Hall–Kier alpha value is -2.15. The number of hydrogen-bond acceptors (Lipinski definition) is 6. The zero-order valence-corrected chi connectivity index (χ0v) is 11.2. The average Bonchev–Trinajstić information content (AvgIpc) is 2.97. The normalized spacial score (nSPS) is 12.2. The molecule has 2 aromatic rings. The molecule has 7 heteroatoms. The van der Waals surface area contributed by atoms with Gasteiger partial charge in [-0.1, -0.05) is 11.3 Å². The van der Waals surface area contributed by atoms with Gasteiger partial charge in [0, 0.05) is 17.7 Å². The highest BCUT2D eigenvalue weighted by Crippen LogP contribution is 2.29. The van der Waals surface area contributed by atoms with Crippen LogP contribution < -0.4 is 14.8 Å². The summed E-state index contributed by atoms with van der Waals surface area (Å²) in [5.74, 6) is 2.18. The van der Waals surface area contributed by atoms with Crippen molar-refractivity contribution >= 4 is 0 Å². The maximum absolute atomic E-state index is 5.38. The molecule has 0 aliphatic carbocycles. The largest absolute Gasteiger partial charge is 0.497 e. The Morgan fingerprint density at radius 1 is 1.32 bits per heavy atom. The van der Waals surface area contributed by atoms with Gasteiger partial charge in [-0.3, -0.25) is 0 Å². The Labute approximate surface area is 111 Å². The monoisotopic (exact) mass is 263 g/mol. The van der Waals surface area contributed by atoms with Gasteiger partial charge in [-0.25, -0.2) is 0 Å². The molecule has 1 aromatic carbocycles. The Morgan fingerprint density at radius 3 is 2.79 bits per heavy atom. The topological polar surface area (TPSA) is 85.0 Å². The maximum Gasteiger partial charge on any atom is 0.188 e. The van der Waals surface area contributed by atoms with Gasteiger partial charge in [0.2, 0.25) is 0 Å². The molecule has 102 valence electrons. The van der Waals surface area contributed by atoms with Crippen LogP contribution in [0.2, 0.25) is 0 Å². The summed E-state index contributed by atoms with van der Waals surface area (Å²) in [6, 6.07) is 5.84. The van der Waals surface area contributed by atoms with E-state index in [1.165, 1.54) is 0 Å². The van der Waals surface area contributed by atoms with Crippen LogP contribution in [0.1, 0.15) is 24.4 Å². The number of aromatic nitrogens is 4. The summed E-state index contributed by atoms with van der Waals surface area (Å²) in [6.07, 6.45) is 0. The molecular weight excluding hydrogens is 246 g/mol. The zero-order chi connectivity index (χ0) is 13.7. The summed E-state index contributed by atoms with van der Waals surface area (Å²) in [5.41, 5.74) is 1.05. The van der Waals surface area contributed by atoms with E-state index in [0.717, 1.165) is 17.1 Å². The molecule has 0 spiro atoms. The second kappa shape index (κ2) is 6.14. The Kier molecular flexibility index (Phi) is 4.30. The van der Waals surface area contributed by atoms with Gasteiger partial charge in [0.05, 0.1) is 20.8 Å². The van der Waals surface area contributed by atoms with Gasteiger partial charge in [-0.05, 0) is 13.0 Å². The van der Waals surface area contributed by atoms with Crippen molar-refractivity contribution < 1.29 is 9.47 Å². The summed E-state index contributed by atoms with van der Waals surface area (Å²) in [5, 5.41) is 17.0. The fourth-order valence-corrected chi connectivity index (χ4v) is 1.79. The molecule has 0 aliphatic rings. The van der Waals surface area contributed by atoms with E-state index in [1.807, 2.05) is 25.1 Å². The maximum atomic E-state index is 5.38. The number of H-pyrrole nitrogens is 1. The molecule has 0 saturated carbocycles. The van der Waals surface area contributed by atoms with Crippen LogP contribution >= 0.6 is 0 Å². The molecule has 7 nitrogen and oxygen atoms in total. The third-order valence-electron chi connectivity index (χ3n) is 2.86. The molecule has 0 aliphatic heterocycles. The van der Waals surface area contributed by atoms with E-state index in [9.17, 15) is 0 Å². The van der Waals surface area contributed by atoms with Gasteiger partial charge in [0.25, 0.3) is 0 Å². The zero-order valence-electron chi connectivity index (χ0n) is 11.2. The van der Waals surface area contributed by atoms with Gasteiger partial charge in [-0.15, -0.1) is 10.2 Å². The first kappa shape index (κ1) is 13.3. The molecule has 19 heavy (non-hydrogen) atoms. The van der Waals surface area contributed by atoms with Crippen molar-refractivity contribution in [2.45, 2.75) is 19.5 Å². The number of ether oxygens (including phenoxy) is 2. The summed E-state index contributed by atoms with van der Waals surface area (Å²) in [4.78, 5) is 0. The number of methoxy groups -OCH3 is 2. The molecule has 1 atom stereocenters. The fourth-order valence-electron chi connectivity index (χ4n) is 1.79. The predicted molar refractivity (Wildman–Crippen MR) is 69.0 cm³/mol. The molecule has 0 radical (unpaired) electrons. The minimum Gasteiger partial charge on any atom is -0.497 e. The van der Waals surface area contributed by atoms with E-state index in [0.29, 0.717) is 12.4 Å². The van der Waals surface area contributed by atoms with Crippen LogP contribution in [-0.4, -0.2) is 34.8 Å². The van der Waals surface area contributed by atoms with E-state index < -0.39 is 0 Å². The van der Waals surface area contributed by atoms with Crippen molar-refractivity contribution in [2.24, 2.45) is 0 Å². The number of benzene rings is 1. The van der Waals surface area contributed by atoms with Gasteiger partial charge in [0.1, 0.15) is 11.5 Å². The average molecular weight is 263 g/mol. The highest BCUT2D eigenvalue weighted by atomic mass is 16.5. The van der Waals surface area contributed by atoms with Gasteiger partial charge in [0.15, 0.2) is 5.82 Å². The molecule has 1 aromatic heterocycles. The number of aromatic amines is 1. The van der Waals surface area contributed by atoms with E-state index in [2.05, 4.69) is 25.9 Å². The lowest BCUT2D eigenvalue weighted by Gasteiger charge is -2.17. The standard InChI is InChI=1S/C12H17N5O2/c1-8(13-7-12-14-16-17-15-12)10-5-4-9(18-2)6-11(10)19-3/h4-6,8,13H,7H2,1-3H3,(H,14,15,16,17). The molecule has 0 fully saturated rings. The summed E-state index contributed by atoms with van der Waals surface area (Å²) >= 11 is 0. The fraction of sp³-hybridized carbons (Fsp3) is 0.417. The molecule has 2 rings (SSSR count). The van der Waals surface area contributed by atoms with Crippen LogP contribution in [0.3, 0.4) is 0 Å². The third-order valence-corrected chi connectivity index (χ3v) is 2.86. The Bertz CT molecular complexity index is 515. The second-order valence-electron chi connectivity index (χ2n) is 4.04. The number of nitrogens with one attached hydrogen (secondary N) is 2. The predicted octanol–water partition coefficient (Wildman–Crippen LogP) is 1.07. The smallest absolute Gasteiger partial charge is 0.188 e. The number of tetrazole rings is 1. The third kappa shape index (κ3) is 3.19. The van der Waals surface area contributed by atoms with Gasteiger partial charge in [-0.2, -0.15) is 5.21 Å². The summed E-state index contributed by atoms with van der Waals surface area (Å²) < 4.78 is 10.6. The number of rotatable bonds is 6. The lowest BCUT2D eigenvalue weighted by atomic mass is 10.1. The van der Waals surface area contributed by atoms with Crippen molar-refractivity contribution in [1.82, 2.24) is 25.9 Å². The lowest BCUT2D eigenvalue weighted by Crippen LogP contribution is -2.19. The van der Waals surface area contributed by atoms with Crippen LogP contribution in [0, 0.1) is 0 Å². The second-order valence-corrected chi connectivity index (χ2v) is 4.04. The molecule has 1 heterocycles. The quantitative estimate of drug-likeness (QED) is 0.811. The van der Waals surface area contributed by atoms with Crippen LogP contribution in [0.15, 0.2) is 18.2 Å². The first-order valence-electron chi connectivity index (χ1n) is 5.92. The van der Waals surface area contributed by atoms with E-state index >= 15 is 0 Å². The summed E-state index contributed by atoms with van der Waals surface area (Å²) in [6.45, 7) is 2.58. The molecule has 1 unspecified atom stereocenters. The molecule has 0 bridgehead atoms.